The van der Waals surface area contributed by atoms with Crippen molar-refractivity contribution in [3.63, 3.8) is 0 Å². The molecule has 0 amide bonds. The maximum absolute atomic E-state index is 6.20. The first-order valence-corrected chi connectivity index (χ1v) is 6.88. The van der Waals surface area contributed by atoms with Crippen molar-refractivity contribution in [2.24, 2.45) is 0 Å². The van der Waals surface area contributed by atoms with Crippen LogP contribution in [0.1, 0.15) is 78.6 Å². The third kappa shape index (κ3) is 4.55. The van der Waals surface area contributed by atoms with Crippen molar-refractivity contribution in [3.8, 4) is 0 Å². The molecule has 1 rings (SSSR count). The molecule has 15 heavy (non-hydrogen) atoms. The molecule has 0 N–H and O–H groups in total. The third-order valence-corrected chi connectivity index (χ3v) is 3.81. The smallest absolute Gasteiger partial charge is 0.0655 e. The Hall–Kier alpha value is -0.0400. The summed E-state index contributed by atoms with van der Waals surface area (Å²) in [6.45, 7) is 6.80. The van der Waals surface area contributed by atoms with Crippen molar-refractivity contribution in [2.45, 2.75) is 90.3 Å². The van der Waals surface area contributed by atoms with Gasteiger partial charge < -0.3 is 4.74 Å². The summed E-state index contributed by atoms with van der Waals surface area (Å²) in [4.78, 5) is 0. The maximum Gasteiger partial charge on any atom is 0.0655 e. The molecule has 0 unspecified atom stereocenters. The zero-order valence-electron chi connectivity index (χ0n) is 10.8. The molecule has 90 valence electrons. The fourth-order valence-corrected chi connectivity index (χ4v) is 2.49. The van der Waals surface area contributed by atoms with Gasteiger partial charge in [0.05, 0.1) is 11.7 Å². The highest BCUT2D eigenvalue weighted by Crippen LogP contribution is 2.32. The number of rotatable bonds is 6. The van der Waals surface area contributed by atoms with Crippen molar-refractivity contribution >= 4 is 0 Å². The number of ether oxygens (including phenoxy) is 1. The van der Waals surface area contributed by atoms with Gasteiger partial charge in [0.25, 0.3) is 0 Å². The van der Waals surface area contributed by atoms with E-state index in [1.165, 1.54) is 57.8 Å². The lowest BCUT2D eigenvalue weighted by Gasteiger charge is -2.38. The third-order valence-electron chi connectivity index (χ3n) is 3.81. The summed E-state index contributed by atoms with van der Waals surface area (Å²) in [5.41, 5.74) is 0.188. The van der Waals surface area contributed by atoms with Gasteiger partial charge in [-0.25, -0.2) is 0 Å². The average molecular weight is 212 g/mol. The van der Waals surface area contributed by atoms with E-state index in [2.05, 4.69) is 20.8 Å². The van der Waals surface area contributed by atoms with E-state index in [1.54, 1.807) is 0 Å². The van der Waals surface area contributed by atoms with Crippen LogP contribution in [0.2, 0.25) is 0 Å². The minimum Gasteiger partial charge on any atom is -0.372 e. The molecule has 0 aromatic carbocycles. The Morgan fingerprint density at radius 1 is 1.20 bits per heavy atom. The minimum absolute atomic E-state index is 0.188. The van der Waals surface area contributed by atoms with E-state index in [9.17, 15) is 0 Å². The summed E-state index contributed by atoms with van der Waals surface area (Å²) in [6.07, 6.45) is 12.4. The van der Waals surface area contributed by atoms with E-state index in [-0.39, 0.29) is 5.60 Å². The van der Waals surface area contributed by atoms with E-state index in [1.807, 2.05) is 0 Å². The van der Waals surface area contributed by atoms with Gasteiger partial charge in [0.15, 0.2) is 0 Å². The van der Waals surface area contributed by atoms with Gasteiger partial charge in [-0.2, -0.15) is 0 Å². The van der Waals surface area contributed by atoms with E-state index in [0.717, 1.165) is 0 Å². The van der Waals surface area contributed by atoms with Crippen molar-refractivity contribution in [2.75, 3.05) is 0 Å². The number of unbranched alkanes of at least 4 members (excludes halogenated alkanes) is 3. The monoisotopic (exact) mass is 212 g/mol. The second-order valence-electron chi connectivity index (χ2n) is 5.28. The van der Waals surface area contributed by atoms with Gasteiger partial charge in [-0.15, -0.1) is 0 Å². The van der Waals surface area contributed by atoms with Crippen LogP contribution in [-0.4, -0.2) is 11.7 Å². The van der Waals surface area contributed by atoms with Gasteiger partial charge in [-0.1, -0.05) is 39.5 Å². The highest BCUT2D eigenvalue weighted by atomic mass is 16.5. The molecule has 1 heteroatoms. The first-order chi connectivity index (χ1) is 7.20. The van der Waals surface area contributed by atoms with Crippen LogP contribution in [-0.2, 0) is 4.74 Å². The van der Waals surface area contributed by atoms with Crippen molar-refractivity contribution in [1.82, 2.24) is 0 Å². The number of hydrogen-bond acceptors (Lipinski definition) is 1. The van der Waals surface area contributed by atoms with Gasteiger partial charge in [-0.3, -0.25) is 0 Å². The second-order valence-corrected chi connectivity index (χ2v) is 5.28. The molecule has 1 fully saturated rings. The first-order valence-electron chi connectivity index (χ1n) is 6.88. The van der Waals surface area contributed by atoms with Gasteiger partial charge in [0.2, 0.25) is 0 Å². The van der Waals surface area contributed by atoms with Crippen molar-refractivity contribution in [1.29, 1.82) is 0 Å². The first kappa shape index (κ1) is 13.0. The lowest BCUT2D eigenvalue weighted by atomic mass is 9.89. The molecule has 0 aromatic heterocycles. The lowest BCUT2D eigenvalue weighted by molar-refractivity contribution is -0.122. The predicted molar refractivity (Wildman–Crippen MR) is 66.2 cm³/mol. The summed E-state index contributed by atoms with van der Waals surface area (Å²) < 4.78 is 6.20. The molecule has 0 aliphatic carbocycles. The van der Waals surface area contributed by atoms with Crippen LogP contribution in [0.25, 0.3) is 0 Å². The Morgan fingerprint density at radius 2 is 2.00 bits per heavy atom. The molecular weight excluding hydrogens is 184 g/mol. The Bertz CT molecular complexity index is 167. The van der Waals surface area contributed by atoms with E-state index >= 15 is 0 Å². The lowest BCUT2D eigenvalue weighted by Crippen LogP contribution is -2.37. The summed E-state index contributed by atoms with van der Waals surface area (Å²) >= 11 is 0. The van der Waals surface area contributed by atoms with Crippen molar-refractivity contribution < 1.29 is 4.74 Å². The molecule has 1 aliphatic heterocycles. The molecule has 2 atom stereocenters. The fraction of sp³-hybridized carbons (Fsp3) is 1.00. The zero-order valence-corrected chi connectivity index (χ0v) is 10.8. The molecule has 1 heterocycles. The molecule has 0 saturated carbocycles. The standard InChI is InChI=1S/C14H28O/c1-4-6-7-8-10-13-11-9-12-14(3,5-2)15-13/h13H,4-12H2,1-3H3/t13-,14+/m1/s1. The van der Waals surface area contributed by atoms with Gasteiger partial charge in [0.1, 0.15) is 0 Å². The van der Waals surface area contributed by atoms with Crippen LogP contribution in [0, 0.1) is 0 Å². The van der Waals surface area contributed by atoms with E-state index < -0.39 is 0 Å². The molecule has 0 spiro atoms. The summed E-state index contributed by atoms with van der Waals surface area (Å²) in [7, 11) is 0. The van der Waals surface area contributed by atoms with Crippen LogP contribution in [0.4, 0.5) is 0 Å². The second kappa shape index (κ2) is 6.52. The Balaban J connectivity index is 2.18. The largest absolute Gasteiger partial charge is 0.372 e. The van der Waals surface area contributed by atoms with E-state index in [0.29, 0.717) is 6.10 Å². The summed E-state index contributed by atoms with van der Waals surface area (Å²) in [5.74, 6) is 0. The fourth-order valence-electron chi connectivity index (χ4n) is 2.49. The Morgan fingerprint density at radius 3 is 2.67 bits per heavy atom. The maximum atomic E-state index is 6.20. The van der Waals surface area contributed by atoms with Crippen molar-refractivity contribution in [3.05, 3.63) is 0 Å². The molecule has 0 bridgehead atoms. The molecule has 0 radical (unpaired) electrons. The normalized spacial score (nSPS) is 31.8. The average Bonchev–Trinajstić information content (AvgIpc) is 2.25. The summed E-state index contributed by atoms with van der Waals surface area (Å²) in [5, 5.41) is 0. The molecule has 1 aliphatic rings. The van der Waals surface area contributed by atoms with Crippen LogP contribution in [0.15, 0.2) is 0 Å². The van der Waals surface area contributed by atoms with E-state index in [4.69, 9.17) is 4.74 Å². The van der Waals surface area contributed by atoms with Crippen LogP contribution in [0.5, 0.6) is 0 Å². The highest BCUT2D eigenvalue weighted by molar-refractivity contribution is 4.80. The Labute approximate surface area is 95.6 Å². The zero-order chi connectivity index (χ0) is 11.1. The van der Waals surface area contributed by atoms with Crippen LogP contribution in [0.3, 0.4) is 0 Å². The molecule has 1 saturated heterocycles. The number of hydrogen-bond donors (Lipinski definition) is 0. The molecule has 0 aromatic rings. The van der Waals surface area contributed by atoms with Gasteiger partial charge >= 0.3 is 0 Å². The highest BCUT2D eigenvalue weighted by Gasteiger charge is 2.30. The quantitative estimate of drug-likeness (QED) is 0.580. The summed E-state index contributed by atoms with van der Waals surface area (Å²) in [6, 6.07) is 0. The molecule has 1 nitrogen and oxygen atoms in total. The van der Waals surface area contributed by atoms with Crippen LogP contribution < -0.4 is 0 Å². The van der Waals surface area contributed by atoms with Crippen LogP contribution >= 0.6 is 0 Å². The predicted octanol–water partition coefficient (Wildman–Crippen LogP) is 4.69. The molecular formula is C14H28O. The minimum atomic E-state index is 0.188. The SMILES string of the molecule is CCCCCC[C@@H]1CCC[C@](C)(CC)O1. The topological polar surface area (TPSA) is 9.23 Å². The Kier molecular flexibility index (Phi) is 5.66. The van der Waals surface area contributed by atoms with Gasteiger partial charge in [-0.05, 0) is 39.0 Å². The van der Waals surface area contributed by atoms with Gasteiger partial charge in [0, 0.05) is 0 Å².